The van der Waals surface area contributed by atoms with Gasteiger partial charge in [0.2, 0.25) is 0 Å². The monoisotopic (exact) mass is 233 g/mol. The number of hydrogen-bond acceptors (Lipinski definition) is 4. The van der Waals surface area contributed by atoms with Crippen molar-refractivity contribution in [3.05, 3.63) is 29.1 Å². The molecule has 0 amide bonds. The van der Waals surface area contributed by atoms with Crippen molar-refractivity contribution in [2.75, 3.05) is 0 Å². The third-order valence-corrected chi connectivity index (χ3v) is 2.83. The Morgan fingerprint density at radius 2 is 2.12 bits per heavy atom. The van der Waals surface area contributed by atoms with Gasteiger partial charge in [0.25, 0.3) is 0 Å². The zero-order chi connectivity index (χ0) is 12.6. The van der Waals surface area contributed by atoms with E-state index < -0.39 is 0 Å². The maximum Gasteiger partial charge on any atom is 0.163 e. The maximum absolute atomic E-state index is 11.5. The highest BCUT2D eigenvalue weighted by molar-refractivity contribution is 5.96. The number of rotatable bonds is 3. The number of nitrogens with zero attached hydrogens (tertiary/aromatic N) is 5. The summed E-state index contributed by atoms with van der Waals surface area (Å²) < 4.78 is 3.49. The van der Waals surface area contributed by atoms with Crippen LogP contribution < -0.4 is 0 Å². The van der Waals surface area contributed by atoms with Gasteiger partial charge < -0.3 is 0 Å². The second-order valence-electron chi connectivity index (χ2n) is 4.06. The molecule has 2 aromatic heterocycles. The minimum Gasteiger partial charge on any atom is -0.294 e. The van der Waals surface area contributed by atoms with Gasteiger partial charge in [-0.15, -0.1) is 0 Å². The van der Waals surface area contributed by atoms with Gasteiger partial charge in [0.1, 0.15) is 18.7 Å². The highest BCUT2D eigenvalue weighted by Gasteiger charge is 2.16. The highest BCUT2D eigenvalue weighted by atomic mass is 16.1. The van der Waals surface area contributed by atoms with Crippen molar-refractivity contribution in [3.63, 3.8) is 0 Å². The van der Waals surface area contributed by atoms with Crippen LogP contribution >= 0.6 is 0 Å². The Morgan fingerprint density at radius 1 is 1.41 bits per heavy atom. The van der Waals surface area contributed by atoms with Crippen LogP contribution in [-0.4, -0.2) is 30.3 Å². The van der Waals surface area contributed by atoms with E-state index in [4.69, 9.17) is 0 Å². The smallest absolute Gasteiger partial charge is 0.163 e. The predicted octanol–water partition coefficient (Wildman–Crippen LogP) is 0.879. The Balaban J connectivity index is 2.38. The first kappa shape index (κ1) is 11.5. The lowest BCUT2D eigenvalue weighted by Gasteiger charge is -2.03. The Kier molecular flexibility index (Phi) is 2.79. The zero-order valence-electron chi connectivity index (χ0n) is 10.4. The fourth-order valence-corrected chi connectivity index (χ4v) is 1.96. The maximum atomic E-state index is 11.5. The molecule has 90 valence electrons. The van der Waals surface area contributed by atoms with Crippen LogP contribution in [0.5, 0.6) is 0 Å². The average Bonchev–Trinajstić information content (AvgIpc) is 2.73. The molecule has 0 aliphatic heterocycles. The topological polar surface area (TPSA) is 65.6 Å². The summed E-state index contributed by atoms with van der Waals surface area (Å²) in [6, 6.07) is 0. The van der Waals surface area contributed by atoms with Crippen molar-refractivity contribution < 1.29 is 4.79 Å². The summed E-state index contributed by atoms with van der Waals surface area (Å²) in [6.07, 6.45) is 1.51. The number of carbonyl (C=O) groups excluding carboxylic acids is 1. The number of carbonyl (C=O) groups is 1. The van der Waals surface area contributed by atoms with E-state index in [0.717, 1.165) is 17.2 Å². The van der Waals surface area contributed by atoms with E-state index in [-0.39, 0.29) is 5.78 Å². The van der Waals surface area contributed by atoms with Crippen LogP contribution in [0.3, 0.4) is 0 Å². The van der Waals surface area contributed by atoms with Crippen LogP contribution in [-0.2, 0) is 13.6 Å². The first-order valence-corrected chi connectivity index (χ1v) is 5.38. The summed E-state index contributed by atoms with van der Waals surface area (Å²) in [5, 5.41) is 8.37. The van der Waals surface area contributed by atoms with Crippen molar-refractivity contribution >= 4 is 5.78 Å². The average molecular weight is 233 g/mol. The molecule has 0 fully saturated rings. The van der Waals surface area contributed by atoms with Gasteiger partial charge in [0.15, 0.2) is 5.78 Å². The molecule has 2 heterocycles. The molecule has 17 heavy (non-hydrogen) atoms. The number of aryl methyl sites for hydroxylation is 2. The summed E-state index contributed by atoms with van der Waals surface area (Å²) in [7, 11) is 1.83. The molecule has 6 heteroatoms. The van der Waals surface area contributed by atoms with Gasteiger partial charge in [0.05, 0.1) is 11.3 Å². The van der Waals surface area contributed by atoms with E-state index in [2.05, 4.69) is 15.2 Å². The third kappa shape index (κ3) is 1.98. The fourth-order valence-electron chi connectivity index (χ4n) is 1.96. The fraction of sp³-hybridized carbons (Fsp3) is 0.455. The van der Waals surface area contributed by atoms with E-state index in [9.17, 15) is 4.79 Å². The molecule has 0 aliphatic rings. The second-order valence-corrected chi connectivity index (χ2v) is 4.06. The first-order valence-electron chi connectivity index (χ1n) is 5.38. The van der Waals surface area contributed by atoms with Crippen molar-refractivity contribution in [1.82, 2.24) is 24.5 Å². The number of Topliss-reactive ketones (excluding diaryl/α,β-unsaturated/α-hetero) is 1. The molecule has 2 rings (SSSR count). The summed E-state index contributed by atoms with van der Waals surface area (Å²) in [6.45, 7) is 5.82. The molecular formula is C11H15N5O. The molecule has 0 N–H and O–H groups in total. The molecule has 6 nitrogen and oxygen atoms in total. The quantitative estimate of drug-likeness (QED) is 0.738. The second kappa shape index (κ2) is 4.12. The lowest BCUT2D eigenvalue weighted by Crippen LogP contribution is -2.10. The summed E-state index contributed by atoms with van der Waals surface area (Å²) in [5.74, 6) is 0.856. The van der Waals surface area contributed by atoms with Gasteiger partial charge in [-0.3, -0.25) is 14.2 Å². The lowest BCUT2D eigenvalue weighted by molar-refractivity contribution is 0.101. The molecule has 0 saturated carbocycles. The predicted molar refractivity (Wildman–Crippen MR) is 61.8 cm³/mol. The molecular weight excluding hydrogens is 218 g/mol. The molecule has 0 radical (unpaired) electrons. The minimum atomic E-state index is 0.0456. The highest BCUT2D eigenvalue weighted by Crippen LogP contribution is 2.14. The van der Waals surface area contributed by atoms with Gasteiger partial charge in [-0.2, -0.15) is 10.2 Å². The van der Waals surface area contributed by atoms with Crippen LogP contribution in [0.4, 0.5) is 0 Å². The van der Waals surface area contributed by atoms with E-state index in [0.29, 0.717) is 12.1 Å². The van der Waals surface area contributed by atoms with E-state index >= 15 is 0 Å². The third-order valence-electron chi connectivity index (χ3n) is 2.83. The van der Waals surface area contributed by atoms with Crippen LogP contribution in [0.25, 0.3) is 0 Å². The van der Waals surface area contributed by atoms with Crippen LogP contribution in [0.2, 0.25) is 0 Å². The first-order chi connectivity index (χ1) is 8.00. The van der Waals surface area contributed by atoms with Gasteiger partial charge in [-0.05, 0) is 20.8 Å². The van der Waals surface area contributed by atoms with Crippen LogP contribution in [0.15, 0.2) is 6.33 Å². The molecule has 0 unspecified atom stereocenters. The molecule has 0 aromatic carbocycles. The molecule has 0 saturated heterocycles. The Hall–Kier alpha value is -1.98. The van der Waals surface area contributed by atoms with E-state index in [1.165, 1.54) is 6.33 Å². The van der Waals surface area contributed by atoms with Crippen molar-refractivity contribution in [2.24, 2.45) is 7.05 Å². The van der Waals surface area contributed by atoms with Crippen LogP contribution in [0, 0.1) is 13.8 Å². The standard InChI is InChI=1S/C11H15N5O/c1-7-11(9(3)17)8(2)16(14-7)5-10-12-6-13-15(10)4/h6H,5H2,1-4H3. The zero-order valence-corrected chi connectivity index (χ0v) is 10.4. The van der Waals surface area contributed by atoms with Crippen molar-refractivity contribution in [3.8, 4) is 0 Å². The van der Waals surface area contributed by atoms with Crippen molar-refractivity contribution in [1.29, 1.82) is 0 Å². The normalized spacial score (nSPS) is 10.8. The molecule has 0 atom stereocenters. The summed E-state index contributed by atoms with van der Waals surface area (Å²) in [4.78, 5) is 15.6. The number of hydrogen-bond donors (Lipinski definition) is 0. The van der Waals surface area contributed by atoms with Gasteiger partial charge in [-0.25, -0.2) is 4.98 Å². The molecule has 2 aromatic rings. The molecule has 0 bridgehead atoms. The minimum absolute atomic E-state index is 0.0456. The van der Waals surface area contributed by atoms with Crippen molar-refractivity contribution in [2.45, 2.75) is 27.3 Å². The largest absolute Gasteiger partial charge is 0.294 e. The molecule has 0 aliphatic carbocycles. The Bertz CT molecular complexity index is 566. The lowest BCUT2D eigenvalue weighted by atomic mass is 10.1. The van der Waals surface area contributed by atoms with Gasteiger partial charge in [-0.1, -0.05) is 0 Å². The van der Waals surface area contributed by atoms with Crippen LogP contribution in [0.1, 0.15) is 34.5 Å². The van der Waals surface area contributed by atoms with E-state index in [1.807, 2.05) is 20.9 Å². The molecule has 0 spiro atoms. The Labute approximate surface area is 99.3 Å². The Morgan fingerprint density at radius 3 is 2.59 bits per heavy atom. The summed E-state index contributed by atoms with van der Waals surface area (Å²) >= 11 is 0. The number of aromatic nitrogens is 5. The summed E-state index contributed by atoms with van der Waals surface area (Å²) in [5.41, 5.74) is 2.34. The van der Waals surface area contributed by atoms with Gasteiger partial charge >= 0.3 is 0 Å². The van der Waals surface area contributed by atoms with E-state index in [1.54, 1.807) is 16.3 Å². The number of ketones is 1. The SMILES string of the molecule is CC(=O)c1c(C)nn(Cc2ncnn2C)c1C. The van der Waals surface area contributed by atoms with Gasteiger partial charge in [0, 0.05) is 12.7 Å².